The van der Waals surface area contributed by atoms with Gasteiger partial charge in [0.1, 0.15) is 5.75 Å². The number of amides is 1. The Morgan fingerprint density at radius 3 is 2.60 bits per heavy atom. The molecule has 2 aromatic carbocycles. The quantitative estimate of drug-likeness (QED) is 0.870. The molecule has 1 amide bonds. The fraction of sp³-hybridized carbons (Fsp3) is 0.350. The summed E-state index contributed by atoms with van der Waals surface area (Å²) in [5.41, 5.74) is 1.95. The van der Waals surface area contributed by atoms with Crippen molar-refractivity contribution >= 4 is 23.2 Å². The Bertz CT molecular complexity index is 713. The molecule has 0 bridgehead atoms. The molecule has 0 aliphatic carbocycles. The molecule has 1 heterocycles. The molecular weight excluding hydrogens is 336 g/mol. The van der Waals surface area contributed by atoms with Crippen LogP contribution >= 0.6 is 11.6 Å². The van der Waals surface area contributed by atoms with Crippen LogP contribution in [-0.4, -0.2) is 31.0 Å². The van der Waals surface area contributed by atoms with E-state index in [0.717, 1.165) is 49.5 Å². The molecule has 1 aliphatic rings. The smallest absolute Gasteiger partial charge is 0.227 e. The van der Waals surface area contributed by atoms with E-state index in [1.54, 1.807) is 7.11 Å². The number of likely N-dealkylation sites (tertiary alicyclic amines) is 1. The average Bonchev–Trinajstić information content (AvgIpc) is 2.63. The number of hydrogen-bond acceptors (Lipinski definition) is 3. The standard InChI is InChI=1S/C20H23ClN2O2/c1-25-19-8-7-17(21)13-16(19)14-23-11-9-15(10-12-23)20(24)22-18-5-3-2-4-6-18/h2-8,13,15H,9-12,14H2,1H3,(H,22,24). The summed E-state index contributed by atoms with van der Waals surface area (Å²) in [7, 11) is 1.67. The van der Waals surface area contributed by atoms with Crippen molar-refractivity contribution in [3.8, 4) is 5.75 Å². The highest BCUT2D eigenvalue weighted by atomic mass is 35.5. The van der Waals surface area contributed by atoms with Gasteiger partial charge in [0.05, 0.1) is 7.11 Å². The van der Waals surface area contributed by atoms with Gasteiger partial charge in [-0.25, -0.2) is 0 Å². The highest BCUT2D eigenvalue weighted by molar-refractivity contribution is 6.30. The van der Waals surface area contributed by atoms with Crippen molar-refractivity contribution in [3.63, 3.8) is 0 Å². The lowest BCUT2D eigenvalue weighted by Crippen LogP contribution is -2.37. The summed E-state index contributed by atoms with van der Waals surface area (Å²) in [4.78, 5) is 14.8. The lowest BCUT2D eigenvalue weighted by molar-refractivity contribution is -0.121. The summed E-state index contributed by atoms with van der Waals surface area (Å²) >= 11 is 6.11. The monoisotopic (exact) mass is 358 g/mol. The van der Waals surface area contributed by atoms with Crippen LogP contribution in [0.25, 0.3) is 0 Å². The first-order chi connectivity index (χ1) is 12.2. The lowest BCUT2D eigenvalue weighted by Gasteiger charge is -2.31. The highest BCUT2D eigenvalue weighted by Crippen LogP contribution is 2.26. The topological polar surface area (TPSA) is 41.6 Å². The molecule has 1 fully saturated rings. The van der Waals surface area contributed by atoms with Crippen LogP contribution in [0, 0.1) is 5.92 Å². The van der Waals surface area contributed by atoms with Crippen LogP contribution in [-0.2, 0) is 11.3 Å². The van der Waals surface area contributed by atoms with E-state index in [9.17, 15) is 4.79 Å². The van der Waals surface area contributed by atoms with E-state index in [2.05, 4.69) is 10.2 Å². The minimum absolute atomic E-state index is 0.0673. The van der Waals surface area contributed by atoms with E-state index in [-0.39, 0.29) is 11.8 Å². The van der Waals surface area contributed by atoms with Gasteiger partial charge in [0.15, 0.2) is 0 Å². The molecule has 5 heteroatoms. The summed E-state index contributed by atoms with van der Waals surface area (Å²) < 4.78 is 5.42. The third kappa shape index (κ3) is 4.74. The van der Waals surface area contributed by atoms with Gasteiger partial charge in [-0.05, 0) is 56.3 Å². The number of hydrogen-bond donors (Lipinski definition) is 1. The van der Waals surface area contributed by atoms with Crippen LogP contribution in [0.1, 0.15) is 18.4 Å². The minimum atomic E-state index is 0.0673. The molecule has 0 saturated carbocycles. The third-order valence-corrected chi connectivity index (χ3v) is 4.87. The minimum Gasteiger partial charge on any atom is -0.496 e. The first-order valence-corrected chi connectivity index (χ1v) is 8.94. The Labute approximate surface area is 153 Å². The normalized spacial score (nSPS) is 15.8. The second-order valence-corrected chi connectivity index (χ2v) is 6.80. The SMILES string of the molecule is COc1ccc(Cl)cc1CN1CCC(C(=O)Nc2ccccc2)CC1. The van der Waals surface area contributed by atoms with Gasteiger partial charge in [-0.2, -0.15) is 0 Å². The Morgan fingerprint density at radius 1 is 1.20 bits per heavy atom. The van der Waals surface area contributed by atoms with Crippen molar-refractivity contribution in [2.75, 3.05) is 25.5 Å². The molecule has 1 saturated heterocycles. The number of nitrogens with zero attached hydrogens (tertiary/aromatic N) is 1. The molecule has 3 rings (SSSR count). The van der Waals surface area contributed by atoms with Crippen molar-refractivity contribution in [1.29, 1.82) is 0 Å². The maximum Gasteiger partial charge on any atom is 0.227 e. The lowest BCUT2D eigenvalue weighted by atomic mass is 9.95. The predicted molar refractivity (Wildman–Crippen MR) is 101 cm³/mol. The van der Waals surface area contributed by atoms with E-state index in [4.69, 9.17) is 16.3 Å². The second kappa shape index (κ2) is 8.37. The summed E-state index contributed by atoms with van der Waals surface area (Å²) in [6.45, 7) is 2.57. The Balaban J connectivity index is 1.53. The molecule has 1 aliphatic heterocycles. The first kappa shape index (κ1) is 17.8. The number of carbonyl (C=O) groups is 1. The number of ether oxygens (including phenoxy) is 1. The second-order valence-electron chi connectivity index (χ2n) is 6.36. The maximum atomic E-state index is 12.4. The summed E-state index contributed by atoms with van der Waals surface area (Å²) in [5, 5.41) is 3.72. The zero-order chi connectivity index (χ0) is 17.6. The number of halogens is 1. The summed E-state index contributed by atoms with van der Waals surface area (Å²) in [6.07, 6.45) is 1.73. The molecule has 0 aromatic heterocycles. The van der Waals surface area contributed by atoms with E-state index in [1.165, 1.54) is 0 Å². The van der Waals surface area contributed by atoms with Crippen LogP contribution < -0.4 is 10.1 Å². The highest BCUT2D eigenvalue weighted by Gasteiger charge is 2.25. The summed E-state index contributed by atoms with van der Waals surface area (Å²) in [6, 6.07) is 15.3. The van der Waals surface area contributed by atoms with Gasteiger partial charge >= 0.3 is 0 Å². The van der Waals surface area contributed by atoms with Crippen molar-refractivity contribution in [2.45, 2.75) is 19.4 Å². The largest absolute Gasteiger partial charge is 0.496 e. The molecule has 0 atom stereocenters. The molecule has 2 aromatic rings. The van der Waals surface area contributed by atoms with Gasteiger partial charge in [0.25, 0.3) is 0 Å². The molecule has 132 valence electrons. The van der Waals surface area contributed by atoms with Crippen molar-refractivity contribution in [3.05, 3.63) is 59.1 Å². The van der Waals surface area contributed by atoms with Gasteiger partial charge in [0.2, 0.25) is 5.91 Å². The fourth-order valence-electron chi connectivity index (χ4n) is 3.23. The van der Waals surface area contributed by atoms with E-state index in [1.807, 2.05) is 48.5 Å². The van der Waals surface area contributed by atoms with E-state index < -0.39 is 0 Å². The number of benzene rings is 2. The molecule has 0 radical (unpaired) electrons. The third-order valence-electron chi connectivity index (χ3n) is 4.64. The zero-order valence-corrected chi connectivity index (χ0v) is 15.1. The number of piperidine rings is 1. The molecule has 4 nitrogen and oxygen atoms in total. The molecule has 25 heavy (non-hydrogen) atoms. The zero-order valence-electron chi connectivity index (χ0n) is 14.4. The number of carbonyl (C=O) groups excluding carboxylic acids is 1. The number of methoxy groups -OCH3 is 1. The summed E-state index contributed by atoms with van der Waals surface area (Å²) in [5.74, 6) is 1.04. The Hall–Kier alpha value is -2.04. The predicted octanol–water partition coefficient (Wildman–Crippen LogP) is 4.20. The number of anilines is 1. The van der Waals surface area contributed by atoms with Crippen LogP contribution in [0.5, 0.6) is 5.75 Å². The van der Waals surface area contributed by atoms with Crippen molar-refractivity contribution in [1.82, 2.24) is 4.90 Å². The van der Waals surface area contributed by atoms with E-state index >= 15 is 0 Å². The number of nitrogens with one attached hydrogen (secondary N) is 1. The van der Waals surface area contributed by atoms with Crippen molar-refractivity contribution < 1.29 is 9.53 Å². The van der Waals surface area contributed by atoms with Gasteiger partial charge in [-0.15, -0.1) is 0 Å². The maximum absolute atomic E-state index is 12.4. The number of para-hydroxylation sites is 1. The first-order valence-electron chi connectivity index (χ1n) is 8.56. The van der Waals surface area contributed by atoms with Crippen LogP contribution in [0.15, 0.2) is 48.5 Å². The van der Waals surface area contributed by atoms with Crippen LogP contribution in [0.3, 0.4) is 0 Å². The van der Waals surface area contributed by atoms with Gasteiger partial charge in [0, 0.05) is 28.7 Å². The molecule has 0 unspecified atom stereocenters. The molecule has 0 spiro atoms. The molecule has 1 N–H and O–H groups in total. The fourth-order valence-corrected chi connectivity index (χ4v) is 3.43. The van der Waals surface area contributed by atoms with E-state index in [0.29, 0.717) is 5.02 Å². The Morgan fingerprint density at radius 2 is 1.92 bits per heavy atom. The molecular formula is C20H23ClN2O2. The van der Waals surface area contributed by atoms with Crippen LogP contribution in [0.4, 0.5) is 5.69 Å². The van der Waals surface area contributed by atoms with Crippen LogP contribution in [0.2, 0.25) is 5.02 Å². The number of rotatable bonds is 5. The van der Waals surface area contributed by atoms with Gasteiger partial charge in [-0.3, -0.25) is 9.69 Å². The van der Waals surface area contributed by atoms with Gasteiger partial charge in [-0.1, -0.05) is 29.8 Å². The van der Waals surface area contributed by atoms with Crippen molar-refractivity contribution in [2.24, 2.45) is 5.92 Å². The Kier molecular flexibility index (Phi) is 5.95. The average molecular weight is 359 g/mol. The van der Waals surface area contributed by atoms with Gasteiger partial charge < -0.3 is 10.1 Å².